The van der Waals surface area contributed by atoms with Crippen LogP contribution in [0.15, 0.2) is 73.1 Å². The zero-order valence-electron chi connectivity index (χ0n) is 12.7. The van der Waals surface area contributed by atoms with Crippen LogP contribution in [0.3, 0.4) is 0 Å². The minimum absolute atomic E-state index is 0.696. The summed E-state index contributed by atoms with van der Waals surface area (Å²) < 4.78 is 0. The highest BCUT2D eigenvalue weighted by Gasteiger charge is 2.09. The third-order valence-corrected chi connectivity index (χ3v) is 4.13. The lowest BCUT2D eigenvalue weighted by molar-refractivity contribution is 1.12. The monoisotopic (exact) mass is 330 g/mol. The smallest absolute Gasteiger partial charge is 0.110 e. The quantitative estimate of drug-likeness (QED) is 0.546. The lowest BCUT2D eigenvalue weighted by Gasteiger charge is -2.08. The summed E-state index contributed by atoms with van der Waals surface area (Å²) in [6, 6.07) is 19.9. The number of rotatable bonds is 3. The van der Waals surface area contributed by atoms with Crippen LogP contribution in [0.5, 0.6) is 0 Å². The molecule has 0 saturated heterocycles. The molecule has 116 valence electrons. The van der Waals surface area contributed by atoms with Gasteiger partial charge < -0.3 is 5.32 Å². The number of nitrogens with zero attached hydrogens (tertiary/aromatic N) is 2. The highest BCUT2D eigenvalue weighted by molar-refractivity contribution is 7.81. The molecule has 0 amide bonds. The minimum atomic E-state index is 0.696. The van der Waals surface area contributed by atoms with Crippen molar-refractivity contribution >= 4 is 33.8 Å². The Morgan fingerprint density at radius 2 is 1.88 bits per heavy atom. The molecule has 2 aromatic carbocycles. The van der Waals surface area contributed by atoms with Crippen molar-refractivity contribution in [3.63, 3.8) is 0 Å². The van der Waals surface area contributed by atoms with Crippen molar-refractivity contribution in [3.8, 4) is 11.3 Å². The maximum absolute atomic E-state index is 5.49. The molecule has 24 heavy (non-hydrogen) atoms. The Hall–Kier alpha value is -3.05. The SMILES string of the molecule is S=C(Nc1ccc2[nH]nc(-c3cccnc3)c2c1)c1ccccc1. The van der Waals surface area contributed by atoms with Crippen molar-refractivity contribution in [2.45, 2.75) is 0 Å². The first-order chi connectivity index (χ1) is 11.8. The maximum atomic E-state index is 5.49. The highest BCUT2D eigenvalue weighted by Crippen LogP contribution is 2.28. The molecule has 2 aromatic heterocycles. The predicted molar refractivity (Wildman–Crippen MR) is 101 cm³/mol. The summed E-state index contributed by atoms with van der Waals surface area (Å²) >= 11 is 5.49. The average molecular weight is 330 g/mol. The number of nitrogens with one attached hydrogen (secondary N) is 2. The van der Waals surface area contributed by atoms with Gasteiger partial charge in [0.05, 0.1) is 5.52 Å². The zero-order chi connectivity index (χ0) is 16.4. The van der Waals surface area contributed by atoms with E-state index in [0.717, 1.165) is 33.4 Å². The van der Waals surface area contributed by atoms with E-state index in [9.17, 15) is 0 Å². The molecule has 0 fully saturated rings. The average Bonchev–Trinajstić information content (AvgIpc) is 3.06. The number of hydrogen-bond acceptors (Lipinski definition) is 3. The van der Waals surface area contributed by atoms with Crippen molar-refractivity contribution in [1.29, 1.82) is 0 Å². The van der Waals surface area contributed by atoms with E-state index in [1.807, 2.05) is 60.8 Å². The molecule has 2 N–H and O–H groups in total. The first kappa shape index (κ1) is 14.5. The second-order valence-electron chi connectivity index (χ2n) is 5.39. The van der Waals surface area contributed by atoms with Gasteiger partial charge in [0.2, 0.25) is 0 Å². The van der Waals surface area contributed by atoms with Gasteiger partial charge in [-0.3, -0.25) is 10.1 Å². The van der Waals surface area contributed by atoms with Gasteiger partial charge >= 0.3 is 0 Å². The van der Waals surface area contributed by atoms with Crippen LogP contribution in [-0.4, -0.2) is 20.2 Å². The number of aromatic amines is 1. The molecule has 0 radical (unpaired) electrons. The molecule has 4 rings (SSSR count). The Labute approximate surface area is 144 Å². The molecule has 0 atom stereocenters. The standard InChI is InChI=1S/C19H14N4S/c24-19(13-5-2-1-3-6-13)21-15-8-9-17-16(11-15)18(23-22-17)14-7-4-10-20-12-14/h1-12H,(H,21,24)(H,22,23). The van der Waals surface area contributed by atoms with Crippen LogP contribution in [0, 0.1) is 0 Å². The first-order valence-electron chi connectivity index (χ1n) is 7.56. The number of benzene rings is 2. The molecular weight excluding hydrogens is 316 g/mol. The van der Waals surface area contributed by atoms with E-state index < -0.39 is 0 Å². The molecular formula is C19H14N4S. The molecule has 0 unspecified atom stereocenters. The normalized spacial score (nSPS) is 10.7. The van der Waals surface area contributed by atoms with Crippen molar-refractivity contribution in [3.05, 3.63) is 78.6 Å². The van der Waals surface area contributed by atoms with Crippen LogP contribution in [-0.2, 0) is 0 Å². The largest absolute Gasteiger partial charge is 0.346 e. The molecule has 0 bridgehead atoms. The van der Waals surface area contributed by atoms with Gasteiger partial charge in [-0.25, -0.2) is 0 Å². The number of pyridine rings is 1. The number of hydrogen-bond donors (Lipinski definition) is 2. The molecule has 0 saturated carbocycles. The van der Waals surface area contributed by atoms with Crippen LogP contribution in [0.4, 0.5) is 5.69 Å². The van der Waals surface area contributed by atoms with Crippen LogP contribution >= 0.6 is 12.2 Å². The van der Waals surface area contributed by atoms with Crippen molar-refractivity contribution < 1.29 is 0 Å². The molecule has 4 nitrogen and oxygen atoms in total. The van der Waals surface area contributed by atoms with Crippen LogP contribution in [0.1, 0.15) is 5.56 Å². The van der Waals surface area contributed by atoms with E-state index in [-0.39, 0.29) is 0 Å². The molecule has 0 aliphatic rings. The summed E-state index contributed by atoms with van der Waals surface area (Å²) in [5.74, 6) is 0. The van der Waals surface area contributed by atoms with E-state index in [1.54, 1.807) is 6.20 Å². The van der Waals surface area contributed by atoms with Gasteiger partial charge in [-0.15, -0.1) is 0 Å². The second-order valence-corrected chi connectivity index (χ2v) is 5.80. The second kappa shape index (κ2) is 6.22. The van der Waals surface area contributed by atoms with Gasteiger partial charge in [-0.2, -0.15) is 5.10 Å². The molecule has 0 aliphatic heterocycles. The topological polar surface area (TPSA) is 53.6 Å². The molecule has 2 heterocycles. The van der Waals surface area contributed by atoms with E-state index in [1.165, 1.54) is 0 Å². The maximum Gasteiger partial charge on any atom is 0.110 e. The van der Waals surface area contributed by atoms with E-state index >= 15 is 0 Å². The van der Waals surface area contributed by atoms with E-state index in [4.69, 9.17) is 12.2 Å². The van der Waals surface area contributed by atoms with Crippen molar-refractivity contribution in [2.75, 3.05) is 5.32 Å². The van der Waals surface area contributed by atoms with Crippen LogP contribution < -0.4 is 5.32 Å². The number of aromatic nitrogens is 3. The molecule has 5 heteroatoms. The lowest BCUT2D eigenvalue weighted by Crippen LogP contribution is -2.09. The van der Waals surface area contributed by atoms with Crippen molar-refractivity contribution in [2.24, 2.45) is 0 Å². The van der Waals surface area contributed by atoms with Crippen molar-refractivity contribution in [1.82, 2.24) is 15.2 Å². The van der Waals surface area contributed by atoms with Gasteiger partial charge in [-0.1, -0.05) is 42.5 Å². The van der Waals surface area contributed by atoms with Crippen LogP contribution in [0.2, 0.25) is 0 Å². The Morgan fingerprint density at radius 3 is 2.67 bits per heavy atom. The number of H-pyrrole nitrogens is 1. The van der Waals surface area contributed by atoms with Crippen LogP contribution in [0.25, 0.3) is 22.2 Å². The summed E-state index contributed by atoms with van der Waals surface area (Å²) in [6.45, 7) is 0. The number of anilines is 1. The number of thiocarbonyl (C=S) groups is 1. The zero-order valence-corrected chi connectivity index (χ0v) is 13.5. The van der Waals surface area contributed by atoms with E-state index in [2.05, 4.69) is 26.6 Å². The van der Waals surface area contributed by atoms with Gasteiger partial charge in [0.15, 0.2) is 0 Å². The Kier molecular flexibility index (Phi) is 3.76. The predicted octanol–water partition coefficient (Wildman–Crippen LogP) is 4.41. The summed E-state index contributed by atoms with van der Waals surface area (Å²) in [4.78, 5) is 4.86. The molecule has 0 spiro atoms. The summed E-state index contributed by atoms with van der Waals surface area (Å²) in [7, 11) is 0. The van der Waals surface area contributed by atoms with Gasteiger partial charge in [0.1, 0.15) is 10.7 Å². The third-order valence-electron chi connectivity index (χ3n) is 3.79. The highest BCUT2D eigenvalue weighted by atomic mass is 32.1. The summed E-state index contributed by atoms with van der Waals surface area (Å²) in [6.07, 6.45) is 3.56. The van der Waals surface area contributed by atoms with Gasteiger partial charge in [0, 0.05) is 34.6 Å². The Morgan fingerprint density at radius 1 is 1.00 bits per heavy atom. The minimum Gasteiger partial charge on any atom is -0.346 e. The number of fused-ring (bicyclic) bond motifs is 1. The fourth-order valence-electron chi connectivity index (χ4n) is 2.61. The Bertz CT molecular complexity index is 994. The molecule has 0 aliphatic carbocycles. The summed E-state index contributed by atoms with van der Waals surface area (Å²) in [5, 5.41) is 11.8. The first-order valence-corrected chi connectivity index (χ1v) is 7.97. The van der Waals surface area contributed by atoms with Gasteiger partial charge in [0.25, 0.3) is 0 Å². The Balaban J connectivity index is 1.69. The fraction of sp³-hybridized carbons (Fsp3) is 0. The third kappa shape index (κ3) is 2.77. The van der Waals surface area contributed by atoms with E-state index in [0.29, 0.717) is 4.99 Å². The van der Waals surface area contributed by atoms with Gasteiger partial charge in [-0.05, 0) is 30.3 Å². The summed E-state index contributed by atoms with van der Waals surface area (Å²) in [5.41, 5.74) is 4.76. The molecule has 4 aromatic rings. The fourth-order valence-corrected chi connectivity index (χ4v) is 2.86. The lowest BCUT2D eigenvalue weighted by atomic mass is 10.1.